The van der Waals surface area contributed by atoms with E-state index in [1.807, 2.05) is 0 Å². The van der Waals surface area contributed by atoms with Crippen LogP contribution in [-0.4, -0.2) is 0 Å². The van der Waals surface area contributed by atoms with E-state index in [0.717, 1.165) is 0 Å². The van der Waals surface area contributed by atoms with Gasteiger partial charge in [-0.15, -0.1) is 0 Å². The molecule has 0 amide bonds. The molecule has 13 heavy (non-hydrogen) atoms. The summed E-state index contributed by atoms with van der Waals surface area (Å²) in [6, 6.07) is 8.76. The van der Waals surface area contributed by atoms with Crippen LogP contribution in [0.3, 0.4) is 0 Å². The number of rotatable bonds is 0. The van der Waals surface area contributed by atoms with Gasteiger partial charge in [0, 0.05) is 6.04 Å². The van der Waals surface area contributed by atoms with Gasteiger partial charge in [0.2, 0.25) is 0 Å². The highest BCUT2D eigenvalue weighted by molar-refractivity contribution is 5.42. The standard InChI is InChI=1S/C12H17N/c1-8-11(13)9-6-4-5-7-10(9)12(8,2)3/h4-8,11H,13H2,1-3H3. The average Bonchev–Trinajstić information content (AvgIpc) is 2.30. The average molecular weight is 175 g/mol. The second-order valence-electron chi connectivity index (χ2n) is 4.62. The lowest BCUT2D eigenvalue weighted by atomic mass is 9.79. The van der Waals surface area contributed by atoms with Crippen LogP contribution >= 0.6 is 0 Å². The van der Waals surface area contributed by atoms with Crippen LogP contribution in [0, 0.1) is 5.92 Å². The van der Waals surface area contributed by atoms with Crippen molar-refractivity contribution >= 4 is 0 Å². The maximum absolute atomic E-state index is 6.17. The molecule has 2 rings (SSSR count). The monoisotopic (exact) mass is 175 g/mol. The van der Waals surface area contributed by atoms with Gasteiger partial charge in [0.05, 0.1) is 0 Å². The van der Waals surface area contributed by atoms with Crippen molar-refractivity contribution in [3.63, 3.8) is 0 Å². The smallest absolute Gasteiger partial charge is 0.0332 e. The minimum Gasteiger partial charge on any atom is -0.324 e. The van der Waals surface area contributed by atoms with E-state index in [0.29, 0.717) is 5.92 Å². The second kappa shape index (κ2) is 2.58. The molecule has 0 saturated carbocycles. The van der Waals surface area contributed by atoms with Crippen LogP contribution in [0.5, 0.6) is 0 Å². The number of hydrogen-bond donors (Lipinski definition) is 1. The van der Waals surface area contributed by atoms with Crippen LogP contribution < -0.4 is 5.73 Å². The first kappa shape index (κ1) is 8.76. The fourth-order valence-corrected chi connectivity index (χ4v) is 2.34. The SMILES string of the molecule is CC1C(N)c2ccccc2C1(C)C. The summed E-state index contributed by atoms with van der Waals surface area (Å²) in [6.07, 6.45) is 0. The van der Waals surface area contributed by atoms with Crippen molar-refractivity contribution < 1.29 is 0 Å². The minimum atomic E-state index is 0.214. The highest BCUT2D eigenvalue weighted by Crippen LogP contribution is 2.47. The van der Waals surface area contributed by atoms with Crippen molar-refractivity contribution in [2.45, 2.75) is 32.2 Å². The minimum absolute atomic E-state index is 0.214. The zero-order valence-electron chi connectivity index (χ0n) is 8.54. The molecule has 0 radical (unpaired) electrons. The van der Waals surface area contributed by atoms with E-state index in [1.165, 1.54) is 11.1 Å². The summed E-state index contributed by atoms with van der Waals surface area (Å²) in [5.41, 5.74) is 9.16. The maximum Gasteiger partial charge on any atom is 0.0332 e. The molecule has 2 atom stereocenters. The summed E-state index contributed by atoms with van der Waals surface area (Å²) in [5.74, 6) is 0.532. The van der Waals surface area contributed by atoms with Gasteiger partial charge in [-0.25, -0.2) is 0 Å². The predicted molar refractivity (Wildman–Crippen MR) is 55.6 cm³/mol. The van der Waals surface area contributed by atoms with Gasteiger partial charge in [0.25, 0.3) is 0 Å². The Labute approximate surface area is 80.0 Å². The number of hydrogen-bond acceptors (Lipinski definition) is 1. The third kappa shape index (κ3) is 1.03. The molecular formula is C12H17N. The van der Waals surface area contributed by atoms with Crippen LogP contribution in [0.15, 0.2) is 24.3 Å². The molecule has 2 unspecified atom stereocenters. The molecule has 0 saturated heterocycles. The number of benzene rings is 1. The number of fused-ring (bicyclic) bond motifs is 1. The number of nitrogens with two attached hydrogens (primary N) is 1. The Morgan fingerprint density at radius 3 is 2.46 bits per heavy atom. The fourth-order valence-electron chi connectivity index (χ4n) is 2.34. The fraction of sp³-hybridized carbons (Fsp3) is 0.500. The molecule has 0 bridgehead atoms. The van der Waals surface area contributed by atoms with Gasteiger partial charge in [0.15, 0.2) is 0 Å². The third-order valence-electron chi connectivity index (χ3n) is 3.69. The first-order valence-corrected chi connectivity index (χ1v) is 4.90. The largest absolute Gasteiger partial charge is 0.324 e. The van der Waals surface area contributed by atoms with Gasteiger partial charge in [-0.2, -0.15) is 0 Å². The molecule has 0 fully saturated rings. The Bertz CT molecular complexity index is 328. The summed E-state index contributed by atoms with van der Waals surface area (Å²) < 4.78 is 0. The van der Waals surface area contributed by atoms with E-state index in [1.54, 1.807) is 0 Å². The maximum atomic E-state index is 6.17. The topological polar surface area (TPSA) is 26.0 Å². The van der Waals surface area contributed by atoms with Gasteiger partial charge >= 0.3 is 0 Å². The molecule has 0 heterocycles. The van der Waals surface area contributed by atoms with Crippen LogP contribution in [0.25, 0.3) is 0 Å². The molecule has 1 heteroatoms. The lowest BCUT2D eigenvalue weighted by molar-refractivity contribution is 0.334. The van der Waals surface area contributed by atoms with Crippen LogP contribution in [-0.2, 0) is 5.41 Å². The van der Waals surface area contributed by atoms with Crippen LogP contribution in [0.4, 0.5) is 0 Å². The van der Waals surface area contributed by atoms with E-state index in [9.17, 15) is 0 Å². The van der Waals surface area contributed by atoms with Crippen molar-refractivity contribution in [1.82, 2.24) is 0 Å². The first-order chi connectivity index (χ1) is 6.05. The summed E-state index contributed by atoms with van der Waals surface area (Å²) in [7, 11) is 0. The molecule has 2 N–H and O–H groups in total. The van der Waals surface area contributed by atoms with E-state index in [-0.39, 0.29) is 11.5 Å². The Balaban J connectivity index is 2.61. The first-order valence-electron chi connectivity index (χ1n) is 4.90. The van der Waals surface area contributed by atoms with Crippen molar-refractivity contribution in [2.24, 2.45) is 11.7 Å². The molecule has 1 aromatic carbocycles. The molecule has 1 aliphatic rings. The predicted octanol–water partition coefficient (Wildman–Crippen LogP) is 2.61. The van der Waals surface area contributed by atoms with Crippen molar-refractivity contribution in [3.8, 4) is 0 Å². The van der Waals surface area contributed by atoms with Gasteiger partial charge in [0.1, 0.15) is 0 Å². The Morgan fingerprint density at radius 1 is 1.23 bits per heavy atom. The zero-order chi connectivity index (χ0) is 9.64. The van der Waals surface area contributed by atoms with Gasteiger partial charge < -0.3 is 5.73 Å². The lowest BCUT2D eigenvalue weighted by Gasteiger charge is -2.26. The molecule has 0 aromatic heterocycles. The molecule has 1 aromatic rings. The Hall–Kier alpha value is -0.820. The third-order valence-corrected chi connectivity index (χ3v) is 3.69. The quantitative estimate of drug-likeness (QED) is 0.644. The molecule has 0 spiro atoms. The highest BCUT2D eigenvalue weighted by atomic mass is 14.7. The molecule has 1 nitrogen and oxygen atoms in total. The van der Waals surface area contributed by atoms with Crippen molar-refractivity contribution in [1.29, 1.82) is 0 Å². The highest BCUT2D eigenvalue weighted by Gasteiger charge is 2.41. The summed E-state index contributed by atoms with van der Waals surface area (Å²) in [5, 5.41) is 0. The zero-order valence-corrected chi connectivity index (χ0v) is 8.54. The van der Waals surface area contributed by atoms with Crippen LogP contribution in [0.1, 0.15) is 37.9 Å². The summed E-state index contributed by atoms with van der Waals surface area (Å²) in [4.78, 5) is 0. The van der Waals surface area contributed by atoms with E-state index >= 15 is 0 Å². The molecule has 70 valence electrons. The van der Waals surface area contributed by atoms with Gasteiger partial charge in [-0.05, 0) is 22.5 Å². The van der Waals surface area contributed by atoms with Gasteiger partial charge in [-0.3, -0.25) is 0 Å². The molecular weight excluding hydrogens is 158 g/mol. The van der Waals surface area contributed by atoms with E-state index < -0.39 is 0 Å². The Kier molecular flexibility index (Phi) is 1.74. The normalized spacial score (nSPS) is 30.2. The second-order valence-corrected chi connectivity index (χ2v) is 4.62. The van der Waals surface area contributed by atoms with Crippen molar-refractivity contribution in [2.75, 3.05) is 0 Å². The van der Waals surface area contributed by atoms with Gasteiger partial charge in [-0.1, -0.05) is 45.0 Å². The Morgan fingerprint density at radius 2 is 1.85 bits per heavy atom. The molecule has 1 aliphatic carbocycles. The van der Waals surface area contributed by atoms with Crippen molar-refractivity contribution in [3.05, 3.63) is 35.4 Å². The summed E-state index contributed by atoms with van der Waals surface area (Å²) >= 11 is 0. The van der Waals surface area contributed by atoms with E-state index in [4.69, 9.17) is 5.73 Å². The lowest BCUT2D eigenvalue weighted by Crippen LogP contribution is -2.26. The van der Waals surface area contributed by atoms with E-state index in [2.05, 4.69) is 45.0 Å². The molecule has 0 aliphatic heterocycles. The summed E-state index contributed by atoms with van der Waals surface area (Å²) in [6.45, 7) is 6.80. The van der Waals surface area contributed by atoms with Crippen LogP contribution in [0.2, 0.25) is 0 Å².